The average Bonchev–Trinajstić information content (AvgIpc) is 2.24. The van der Waals surface area contributed by atoms with Crippen molar-refractivity contribution >= 4 is 5.97 Å². The molecule has 0 saturated carbocycles. The van der Waals surface area contributed by atoms with Crippen LogP contribution in [0.2, 0.25) is 0 Å². The molecule has 0 aromatic rings. The highest BCUT2D eigenvalue weighted by molar-refractivity contribution is 5.78. The van der Waals surface area contributed by atoms with E-state index >= 15 is 0 Å². The van der Waals surface area contributed by atoms with Crippen LogP contribution in [0.3, 0.4) is 0 Å². The van der Waals surface area contributed by atoms with E-state index in [1.54, 1.807) is 14.0 Å². The van der Waals surface area contributed by atoms with Gasteiger partial charge < -0.3 is 15.3 Å². The molecule has 0 amide bonds. The van der Waals surface area contributed by atoms with Crippen molar-refractivity contribution < 1.29 is 9.90 Å². The van der Waals surface area contributed by atoms with E-state index < -0.39 is 11.5 Å². The Balaban J connectivity index is 3.76. The van der Waals surface area contributed by atoms with E-state index in [-0.39, 0.29) is 0 Å². The van der Waals surface area contributed by atoms with E-state index in [1.165, 1.54) is 6.42 Å². The highest BCUT2D eigenvalue weighted by atomic mass is 16.4. The van der Waals surface area contributed by atoms with Gasteiger partial charge in [0.1, 0.15) is 5.54 Å². The van der Waals surface area contributed by atoms with Gasteiger partial charge in [-0.15, -0.1) is 0 Å². The Morgan fingerprint density at radius 2 is 2.00 bits per heavy atom. The molecule has 0 spiro atoms. The van der Waals surface area contributed by atoms with Crippen molar-refractivity contribution in [1.82, 2.24) is 10.2 Å². The molecule has 4 heteroatoms. The molecule has 1 atom stereocenters. The van der Waals surface area contributed by atoms with Gasteiger partial charge in [-0.3, -0.25) is 4.79 Å². The molecule has 4 nitrogen and oxygen atoms in total. The molecule has 0 fully saturated rings. The molecule has 0 radical (unpaired) electrons. The summed E-state index contributed by atoms with van der Waals surface area (Å²) in [7, 11) is 3.81. The number of carboxylic acids is 1. The first-order valence-electron chi connectivity index (χ1n) is 6.07. The van der Waals surface area contributed by atoms with Crippen LogP contribution in [0.25, 0.3) is 0 Å². The topological polar surface area (TPSA) is 52.6 Å². The molecular weight excluding hydrogens is 204 g/mol. The van der Waals surface area contributed by atoms with Crippen LogP contribution < -0.4 is 5.32 Å². The predicted molar refractivity (Wildman–Crippen MR) is 66.7 cm³/mol. The van der Waals surface area contributed by atoms with Gasteiger partial charge in [0, 0.05) is 0 Å². The number of nitrogens with zero attached hydrogens (tertiary/aromatic N) is 1. The van der Waals surface area contributed by atoms with Gasteiger partial charge in [0.15, 0.2) is 0 Å². The Morgan fingerprint density at radius 1 is 1.38 bits per heavy atom. The zero-order valence-electron chi connectivity index (χ0n) is 11.0. The zero-order chi connectivity index (χ0) is 12.6. The predicted octanol–water partition coefficient (Wildman–Crippen LogP) is 1.56. The minimum atomic E-state index is -0.774. The van der Waals surface area contributed by atoms with Crippen molar-refractivity contribution in [3.63, 3.8) is 0 Å². The summed E-state index contributed by atoms with van der Waals surface area (Å²) in [5.41, 5.74) is -0.774. The fraction of sp³-hybridized carbons (Fsp3) is 0.917. The zero-order valence-corrected chi connectivity index (χ0v) is 11.0. The van der Waals surface area contributed by atoms with Crippen LogP contribution in [0.1, 0.15) is 39.5 Å². The third-order valence-corrected chi connectivity index (χ3v) is 3.10. The normalized spacial score (nSPS) is 15.1. The van der Waals surface area contributed by atoms with E-state index in [9.17, 15) is 4.79 Å². The van der Waals surface area contributed by atoms with Crippen LogP contribution >= 0.6 is 0 Å². The van der Waals surface area contributed by atoms with Crippen LogP contribution in [0.5, 0.6) is 0 Å². The summed E-state index contributed by atoms with van der Waals surface area (Å²) in [4.78, 5) is 13.3. The third-order valence-electron chi connectivity index (χ3n) is 3.10. The van der Waals surface area contributed by atoms with Gasteiger partial charge in [-0.2, -0.15) is 0 Å². The molecule has 16 heavy (non-hydrogen) atoms. The maximum Gasteiger partial charge on any atom is 0.323 e. The molecule has 0 aromatic heterocycles. The summed E-state index contributed by atoms with van der Waals surface area (Å²) in [5, 5.41) is 11.9. The van der Waals surface area contributed by atoms with Crippen molar-refractivity contribution in [2.45, 2.75) is 45.1 Å². The quantitative estimate of drug-likeness (QED) is 0.590. The molecule has 0 bridgehead atoms. The van der Waals surface area contributed by atoms with E-state index in [1.807, 2.05) is 0 Å². The molecule has 0 aliphatic carbocycles. The second-order valence-corrected chi connectivity index (χ2v) is 4.65. The lowest BCUT2D eigenvalue weighted by Gasteiger charge is -2.24. The first kappa shape index (κ1) is 15.4. The van der Waals surface area contributed by atoms with Crippen molar-refractivity contribution in [1.29, 1.82) is 0 Å². The van der Waals surface area contributed by atoms with Crippen LogP contribution in [0, 0.1) is 0 Å². The van der Waals surface area contributed by atoms with Gasteiger partial charge >= 0.3 is 5.97 Å². The maximum atomic E-state index is 11.0. The first-order valence-corrected chi connectivity index (χ1v) is 6.07. The van der Waals surface area contributed by atoms with E-state index in [0.29, 0.717) is 6.42 Å². The summed E-state index contributed by atoms with van der Waals surface area (Å²) in [6.07, 6.45) is 3.84. The third kappa shape index (κ3) is 5.47. The molecule has 0 rings (SSSR count). The first-order chi connectivity index (χ1) is 7.46. The summed E-state index contributed by atoms with van der Waals surface area (Å²) in [6.45, 7) is 6.07. The summed E-state index contributed by atoms with van der Waals surface area (Å²) in [5.74, 6) is -0.767. The van der Waals surface area contributed by atoms with Crippen LogP contribution in [-0.4, -0.2) is 48.7 Å². The number of rotatable bonds is 9. The minimum Gasteiger partial charge on any atom is -0.480 e. The number of hydrogen-bond donors (Lipinski definition) is 2. The fourth-order valence-electron chi connectivity index (χ4n) is 1.69. The Labute approximate surface area is 99.0 Å². The molecule has 0 aliphatic rings. The van der Waals surface area contributed by atoms with Gasteiger partial charge in [-0.25, -0.2) is 0 Å². The van der Waals surface area contributed by atoms with Crippen molar-refractivity contribution in [2.75, 3.05) is 27.2 Å². The maximum absolute atomic E-state index is 11.0. The average molecular weight is 230 g/mol. The second-order valence-electron chi connectivity index (χ2n) is 4.65. The van der Waals surface area contributed by atoms with Crippen LogP contribution in [0.4, 0.5) is 0 Å². The Kier molecular flexibility index (Phi) is 7.34. The van der Waals surface area contributed by atoms with E-state index in [4.69, 9.17) is 5.11 Å². The Bertz CT molecular complexity index is 209. The highest BCUT2D eigenvalue weighted by Crippen LogP contribution is 2.13. The van der Waals surface area contributed by atoms with Crippen LogP contribution in [-0.2, 0) is 4.79 Å². The lowest BCUT2D eigenvalue weighted by atomic mass is 9.95. The van der Waals surface area contributed by atoms with Gasteiger partial charge in [0.2, 0.25) is 0 Å². The molecule has 0 saturated heterocycles. The van der Waals surface area contributed by atoms with Crippen molar-refractivity contribution in [2.24, 2.45) is 0 Å². The number of nitrogens with one attached hydrogen (secondary N) is 1. The number of likely N-dealkylation sites (N-methyl/N-ethyl adjacent to an activating group) is 1. The summed E-state index contributed by atoms with van der Waals surface area (Å²) >= 11 is 0. The molecule has 0 heterocycles. The second kappa shape index (κ2) is 7.63. The van der Waals surface area contributed by atoms with Crippen molar-refractivity contribution in [3.05, 3.63) is 0 Å². The number of carboxylic acid groups (broad SMARTS) is 1. The molecule has 2 N–H and O–H groups in total. The van der Waals surface area contributed by atoms with E-state index in [0.717, 1.165) is 25.9 Å². The molecule has 1 unspecified atom stereocenters. The number of aliphatic carboxylic acids is 1. The molecular formula is C12H26N2O2. The molecule has 96 valence electrons. The van der Waals surface area contributed by atoms with Gasteiger partial charge in [0.05, 0.1) is 0 Å². The minimum absolute atomic E-state index is 0.679. The van der Waals surface area contributed by atoms with Crippen molar-refractivity contribution in [3.8, 4) is 0 Å². The standard InChI is InChI=1S/C12H26N2O2/c1-5-9-14(4)10-7-6-8-12(2,13-3)11(15)16/h13H,5-10H2,1-4H3,(H,15,16). The molecule has 0 aromatic carbocycles. The van der Waals surface area contributed by atoms with E-state index in [2.05, 4.69) is 24.2 Å². The fourth-order valence-corrected chi connectivity index (χ4v) is 1.69. The van der Waals surface area contributed by atoms with Gasteiger partial charge in [-0.05, 0) is 59.8 Å². The number of hydrogen-bond acceptors (Lipinski definition) is 3. The smallest absolute Gasteiger partial charge is 0.323 e. The highest BCUT2D eigenvalue weighted by Gasteiger charge is 2.29. The summed E-state index contributed by atoms with van der Waals surface area (Å²) in [6, 6.07) is 0. The Morgan fingerprint density at radius 3 is 2.44 bits per heavy atom. The number of carbonyl (C=O) groups is 1. The number of unbranched alkanes of at least 4 members (excludes halogenated alkanes) is 1. The summed E-state index contributed by atoms with van der Waals surface area (Å²) < 4.78 is 0. The molecule has 0 aliphatic heterocycles. The monoisotopic (exact) mass is 230 g/mol. The van der Waals surface area contributed by atoms with Gasteiger partial charge in [0.25, 0.3) is 0 Å². The SMILES string of the molecule is CCCN(C)CCCCC(C)(NC)C(=O)O. The lowest BCUT2D eigenvalue weighted by molar-refractivity contribution is -0.144. The van der Waals surface area contributed by atoms with Crippen LogP contribution in [0.15, 0.2) is 0 Å². The van der Waals surface area contributed by atoms with Gasteiger partial charge in [-0.1, -0.05) is 6.92 Å². The Hall–Kier alpha value is -0.610. The lowest BCUT2D eigenvalue weighted by Crippen LogP contribution is -2.47. The largest absolute Gasteiger partial charge is 0.480 e.